The van der Waals surface area contributed by atoms with E-state index in [1.807, 2.05) is 6.92 Å². The van der Waals surface area contributed by atoms with Gasteiger partial charge in [0.15, 0.2) is 0 Å². The summed E-state index contributed by atoms with van der Waals surface area (Å²) in [6, 6.07) is 10.0. The average molecular weight is 411 g/mol. The molecule has 29 heavy (non-hydrogen) atoms. The van der Waals surface area contributed by atoms with E-state index in [4.69, 9.17) is 11.6 Å². The van der Waals surface area contributed by atoms with Crippen LogP contribution in [0, 0.1) is 0 Å². The molecule has 2 aromatic heterocycles. The number of hydrogen-bond acceptors (Lipinski definition) is 4. The van der Waals surface area contributed by atoms with Crippen molar-refractivity contribution in [2.24, 2.45) is 0 Å². The predicted molar refractivity (Wildman–Crippen MR) is 109 cm³/mol. The number of Topliss-reactive ketones (excluding diaryl/α,β-unsaturated/α-hetero) is 1. The number of nitrogens with one attached hydrogen (secondary N) is 1. The van der Waals surface area contributed by atoms with E-state index in [2.05, 4.69) is 9.97 Å². The van der Waals surface area contributed by atoms with Gasteiger partial charge in [-0.05, 0) is 31.2 Å². The van der Waals surface area contributed by atoms with Crippen molar-refractivity contribution in [2.45, 2.75) is 13.0 Å². The highest BCUT2D eigenvalue weighted by Gasteiger charge is 2.34. The molecular formula is C21H19ClN4O3. The lowest BCUT2D eigenvalue weighted by molar-refractivity contribution is -0.130. The summed E-state index contributed by atoms with van der Waals surface area (Å²) in [7, 11) is 0. The highest BCUT2D eigenvalue weighted by atomic mass is 35.5. The largest absolute Gasteiger partial charge is 0.360 e. The molecule has 1 fully saturated rings. The zero-order chi connectivity index (χ0) is 20.5. The number of rotatable bonds is 3. The van der Waals surface area contributed by atoms with Crippen LogP contribution in [0.4, 0.5) is 0 Å². The first-order chi connectivity index (χ1) is 14.0. The van der Waals surface area contributed by atoms with Crippen LogP contribution in [0.2, 0.25) is 5.02 Å². The molecule has 148 valence electrons. The molecule has 0 saturated carbocycles. The molecule has 7 nitrogen and oxygen atoms in total. The molecule has 0 bridgehead atoms. The van der Waals surface area contributed by atoms with E-state index in [1.165, 1.54) is 11.1 Å². The number of hydrogen-bond donors (Lipinski definition) is 1. The highest BCUT2D eigenvalue weighted by molar-refractivity contribution is 6.45. The Morgan fingerprint density at radius 3 is 2.72 bits per heavy atom. The van der Waals surface area contributed by atoms with Crippen molar-refractivity contribution in [3.05, 3.63) is 65.1 Å². The number of carbonyl (C=O) groups excluding carboxylic acids is 3. The summed E-state index contributed by atoms with van der Waals surface area (Å²) in [6.07, 6.45) is 3.11. The van der Waals surface area contributed by atoms with Crippen molar-refractivity contribution in [3.63, 3.8) is 0 Å². The van der Waals surface area contributed by atoms with E-state index < -0.39 is 11.7 Å². The molecule has 1 aliphatic heterocycles. The van der Waals surface area contributed by atoms with E-state index in [0.717, 1.165) is 0 Å². The third-order valence-corrected chi connectivity index (χ3v) is 5.38. The summed E-state index contributed by atoms with van der Waals surface area (Å²) < 4.78 is 0. The molecule has 8 heteroatoms. The number of pyridine rings is 1. The van der Waals surface area contributed by atoms with Crippen LogP contribution < -0.4 is 0 Å². The maximum Gasteiger partial charge on any atom is 0.295 e. The van der Waals surface area contributed by atoms with Gasteiger partial charge in [-0.15, -0.1) is 0 Å². The first-order valence-corrected chi connectivity index (χ1v) is 9.65. The van der Waals surface area contributed by atoms with Gasteiger partial charge in [-0.1, -0.05) is 23.7 Å². The molecule has 3 heterocycles. The molecule has 1 atom stereocenters. The number of halogens is 1. The summed E-state index contributed by atoms with van der Waals surface area (Å²) >= 11 is 5.98. The summed E-state index contributed by atoms with van der Waals surface area (Å²) in [5.41, 5.74) is 1.39. The number of amides is 2. The van der Waals surface area contributed by atoms with Crippen molar-refractivity contribution >= 4 is 40.1 Å². The molecule has 0 aliphatic carbocycles. The lowest BCUT2D eigenvalue weighted by Crippen LogP contribution is -2.56. The van der Waals surface area contributed by atoms with Crippen molar-refractivity contribution in [1.29, 1.82) is 0 Å². The second-order valence-corrected chi connectivity index (χ2v) is 7.47. The highest BCUT2D eigenvalue weighted by Crippen LogP contribution is 2.23. The van der Waals surface area contributed by atoms with E-state index in [0.29, 0.717) is 46.8 Å². The maximum atomic E-state index is 12.9. The predicted octanol–water partition coefficient (Wildman–Crippen LogP) is 2.77. The first-order valence-electron chi connectivity index (χ1n) is 9.28. The van der Waals surface area contributed by atoms with Gasteiger partial charge in [-0.25, -0.2) is 0 Å². The fourth-order valence-corrected chi connectivity index (χ4v) is 3.80. The number of ketones is 1. The van der Waals surface area contributed by atoms with E-state index >= 15 is 0 Å². The fraction of sp³-hybridized carbons (Fsp3) is 0.238. The molecule has 3 aromatic rings. The normalized spacial score (nSPS) is 16.8. The minimum atomic E-state index is -0.574. The summed E-state index contributed by atoms with van der Waals surface area (Å²) in [5, 5.41) is 1.20. The van der Waals surface area contributed by atoms with Gasteiger partial charge in [0.2, 0.25) is 0 Å². The standard InChI is InChI=1S/C21H19ClN4O3/c1-13-12-25(20(28)17-4-2-3-7-23-17)8-9-26(13)21(29)19(27)16-11-24-18-10-14(22)5-6-15(16)18/h2-7,10-11,13,24H,8-9,12H2,1H3/t13-/m1/s1. The Morgan fingerprint density at radius 1 is 1.17 bits per heavy atom. The van der Waals surface area contributed by atoms with E-state index in [1.54, 1.807) is 47.5 Å². The molecule has 0 radical (unpaired) electrons. The van der Waals surface area contributed by atoms with Crippen molar-refractivity contribution < 1.29 is 14.4 Å². The van der Waals surface area contributed by atoms with Crippen LogP contribution in [0.3, 0.4) is 0 Å². The van der Waals surface area contributed by atoms with Crippen LogP contribution in [-0.4, -0.2) is 63.0 Å². The van der Waals surface area contributed by atoms with Gasteiger partial charge in [0.05, 0.1) is 5.56 Å². The lowest BCUT2D eigenvalue weighted by atomic mass is 10.1. The molecule has 1 saturated heterocycles. The van der Waals surface area contributed by atoms with Crippen LogP contribution >= 0.6 is 11.6 Å². The number of nitrogens with zero attached hydrogens (tertiary/aromatic N) is 3. The van der Waals surface area contributed by atoms with E-state index in [9.17, 15) is 14.4 Å². The Balaban J connectivity index is 1.48. The molecule has 0 unspecified atom stereocenters. The second-order valence-electron chi connectivity index (χ2n) is 7.04. The molecule has 1 aromatic carbocycles. The fourth-order valence-electron chi connectivity index (χ4n) is 3.63. The number of aromatic nitrogens is 2. The topological polar surface area (TPSA) is 86.4 Å². The van der Waals surface area contributed by atoms with Gasteiger partial charge in [-0.3, -0.25) is 19.4 Å². The Kier molecular flexibility index (Phi) is 5.07. The van der Waals surface area contributed by atoms with Crippen molar-refractivity contribution in [1.82, 2.24) is 19.8 Å². The zero-order valence-corrected chi connectivity index (χ0v) is 16.5. The maximum absolute atomic E-state index is 12.9. The SMILES string of the molecule is C[C@@H]1CN(C(=O)c2ccccn2)CCN1C(=O)C(=O)c1c[nH]c2cc(Cl)ccc12. The number of fused-ring (bicyclic) bond motifs is 1. The van der Waals surface area contributed by atoms with Gasteiger partial charge in [0.1, 0.15) is 5.69 Å². The number of benzene rings is 1. The van der Waals surface area contributed by atoms with Gasteiger partial charge < -0.3 is 14.8 Å². The summed E-state index contributed by atoms with van der Waals surface area (Å²) in [5.74, 6) is -1.32. The third kappa shape index (κ3) is 3.61. The van der Waals surface area contributed by atoms with Crippen LogP contribution in [-0.2, 0) is 4.79 Å². The number of piperazine rings is 1. The van der Waals surface area contributed by atoms with Crippen LogP contribution in [0.25, 0.3) is 10.9 Å². The lowest BCUT2D eigenvalue weighted by Gasteiger charge is -2.39. The smallest absolute Gasteiger partial charge is 0.295 e. The third-order valence-electron chi connectivity index (χ3n) is 5.14. The van der Waals surface area contributed by atoms with Gasteiger partial charge >= 0.3 is 0 Å². The van der Waals surface area contributed by atoms with E-state index in [-0.39, 0.29) is 11.9 Å². The van der Waals surface area contributed by atoms with Crippen molar-refractivity contribution in [2.75, 3.05) is 19.6 Å². The van der Waals surface area contributed by atoms with Gasteiger partial charge in [0.25, 0.3) is 17.6 Å². The Hall–Kier alpha value is -3.19. The van der Waals surface area contributed by atoms with Gasteiger partial charge in [0, 0.05) is 54.0 Å². The number of carbonyl (C=O) groups is 3. The molecule has 1 N–H and O–H groups in total. The minimum absolute atomic E-state index is 0.176. The second kappa shape index (κ2) is 7.67. The van der Waals surface area contributed by atoms with Crippen LogP contribution in [0.1, 0.15) is 27.8 Å². The quantitative estimate of drug-likeness (QED) is 0.531. The minimum Gasteiger partial charge on any atom is -0.360 e. The van der Waals surface area contributed by atoms with Crippen molar-refractivity contribution in [3.8, 4) is 0 Å². The zero-order valence-electron chi connectivity index (χ0n) is 15.8. The average Bonchev–Trinajstić information content (AvgIpc) is 3.15. The number of H-pyrrole nitrogens is 1. The van der Waals surface area contributed by atoms with Crippen LogP contribution in [0.5, 0.6) is 0 Å². The molecule has 4 rings (SSSR count). The summed E-state index contributed by atoms with van der Waals surface area (Å²) in [4.78, 5) is 48.6. The molecule has 1 aliphatic rings. The van der Waals surface area contributed by atoms with Gasteiger partial charge in [-0.2, -0.15) is 0 Å². The summed E-state index contributed by atoms with van der Waals surface area (Å²) in [6.45, 7) is 2.82. The Morgan fingerprint density at radius 2 is 2.00 bits per heavy atom. The Bertz CT molecular complexity index is 1100. The molecular weight excluding hydrogens is 392 g/mol. The first kappa shape index (κ1) is 19.1. The number of aromatic amines is 1. The molecule has 2 amide bonds. The van der Waals surface area contributed by atoms with Crippen LogP contribution in [0.15, 0.2) is 48.8 Å². The monoisotopic (exact) mass is 410 g/mol. The molecule has 0 spiro atoms. The Labute approximate surface area is 172 Å².